The summed E-state index contributed by atoms with van der Waals surface area (Å²) < 4.78 is 15.1. The Labute approximate surface area is 90.3 Å². The molecule has 1 aliphatic rings. The van der Waals surface area contributed by atoms with Crippen molar-refractivity contribution >= 4 is 5.97 Å². The predicted octanol–water partition coefficient (Wildman–Crippen LogP) is -0.103. The number of nitrogens with zero attached hydrogens (tertiary/aromatic N) is 1. The summed E-state index contributed by atoms with van der Waals surface area (Å²) in [5.41, 5.74) is 0. The van der Waals surface area contributed by atoms with Gasteiger partial charge in [0.1, 0.15) is 12.6 Å². The van der Waals surface area contributed by atoms with Crippen molar-refractivity contribution in [3.63, 3.8) is 0 Å². The van der Waals surface area contributed by atoms with Gasteiger partial charge >= 0.3 is 5.97 Å². The Morgan fingerprint density at radius 2 is 2.07 bits per heavy atom. The number of esters is 1. The number of carbonyl (C=O) groups excluding carboxylic acids is 1. The third-order valence-electron chi connectivity index (χ3n) is 2.47. The smallest absolute Gasteiger partial charge is 0.323 e. The zero-order chi connectivity index (χ0) is 11.1. The lowest BCUT2D eigenvalue weighted by molar-refractivity contribution is -0.152. The van der Waals surface area contributed by atoms with Crippen LogP contribution in [0.3, 0.4) is 0 Å². The molecule has 1 fully saturated rings. The van der Waals surface area contributed by atoms with Crippen LogP contribution in [0.2, 0.25) is 0 Å². The zero-order valence-electron chi connectivity index (χ0n) is 9.40. The molecule has 5 heteroatoms. The first-order valence-electron chi connectivity index (χ1n) is 5.23. The molecule has 1 saturated heterocycles. The highest BCUT2D eigenvalue weighted by atomic mass is 16.6. The van der Waals surface area contributed by atoms with Crippen LogP contribution in [0.4, 0.5) is 0 Å². The SMILES string of the molecule is COCCOC(=O)C(C)N1CCOCC1. The quantitative estimate of drug-likeness (QED) is 0.475. The lowest BCUT2D eigenvalue weighted by Gasteiger charge is -2.30. The Bertz CT molecular complexity index is 192. The van der Waals surface area contributed by atoms with E-state index in [1.54, 1.807) is 7.11 Å². The van der Waals surface area contributed by atoms with Gasteiger partial charge in [0.05, 0.1) is 19.8 Å². The number of hydrogen-bond donors (Lipinski definition) is 0. The Kier molecular flexibility index (Phi) is 5.60. The van der Waals surface area contributed by atoms with E-state index in [-0.39, 0.29) is 12.0 Å². The summed E-state index contributed by atoms with van der Waals surface area (Å²) in [4.78, 5) is 13.6. The third-order valence-corrected chi connectivity index (χ3v) is 2.47. The summed E-state index contributed by atoms with van der Waals surface area (Å²) in [6.45, 7) is 5.60. The molecule has 0 radical (unpaired) electrons. The van der Waals surface area contributed by atoms with E-state index in [9.17, 15) is 4.79 Å². The highest BCUT2D eigenvalue weighted by Gasteiger charge is 2.23. The van der Waals surface area contributed by atoms with Gasteiger partial charge in [-0.1, -0.05) is 0 Å². The molecule has 0 aromatic carbocycles. The molecule has 1 unspecified atom stereocenters. The second kappa shape index (κ2) is 6.76. The van der Waals surface area contributed by atoms with E-state index in [0.717, 1.165) is 13.1 Å². The molecule has 5 nitrogen and oxygen atoms in total. The van der Waals surface area contributed by atoms with Crippen molar-refractivity contribution in [1.29, 1.82) is 0 Å². The number of methoxy groups -OCH3 is 1. The Morgan fingerprint density at radius 3 is 2.67 bits per heavy atom. The van der Waals surface area contributed by atoms with Crippen LogP contribution in [0.15, 0.2) is 0 Å². The van der Waals surface area contributed by atoms with Crippen molar-refractivity contribution in [1.82, 2.24) is 4.90 Å². The number of ether oxygens (including phenoxy) is 3. The van der Waals surface area contributed by atoms with E-state index < -0.39 is 0 Å². The number of rotatable bonds is 5. The summed E-state index contributed by atoms with van der Waals surface area (Å²) in [6.07, 6.45) is 0. The van der Waals surface area contributed by atoms with Crippen LogP contribution in [0.1, 0.15) is 6.92 Å². The highest BCUT2D eigenvalue weighted by Crippen LogP contribution is 2.05. The fourth-order valence-corrected chi connectivity index (χ4v) is 1.46. The molecule has 88 valence electrons. The molecule has 0 bridgehead atoms. The summed E-state index contributed by atoms with van der Waals surface area (Å²) >= 11 is 0. The minimum atomic E-state index is -0.189. The second-order valence-corrected chi connectivity index (χ2v) is 3.48. The van der Waals surface area contributed by atoms with Crippen LogP contribution in [0.25, 0.3) is 0 Å². The van der Waals surface area contributed by atoms with Gasteiger partial charge in [0.25, 0.3) is 0 Å². The molecule has 0 aliphatic carbocycles. The van der Waals surface area contributed by atoms with Crippen LogP contribution in [-0.4, -0.2) is 63.5 Å². The average molecular weight is 217 g/mol. The summed E-state index contributed by atoms with van der Waals surface area (Å²) in [6, 6.07) is -0.189. The number of hydrogen-bond acceptors (Lipinski definition) is 5. The molecule has 0 spiro atoms. The first-order chi connectivity index (χ1) is 7.25. The predicted molar refractivity (Wildman–Crippen MR) is 54.7 cm³/mol. The molecule has 1 aliphatic heterocycles. The molecular formula is C10H19NO4. The Morgan fingerprint density at radius 1 is 1.40 bits per heavy atom. The normalized spacial score (nSPS) is 19.9. The summed E-state index contributed by atoms with van der Waals surface area (Å²) in [5.74, 6) is -0.186. The Balaban J connectivity index is 2.24. The molecule has 0 amide bonds. The van der Waals surface area contributed by atoms with Gasteiger partial charge in [0.15, 0.2) is 0 Å². The molecular weight excluding hydrogens is 198 g/mol. The van der Waals surface area contributed by atoms with Gasteiger partial charge in [-0.25, -0.2) is 0 Å². The highest BCUT2D eigenvalue weighted by molar-refractivity contribution is 5.75. The van der Waals surface area contributed by atoms with Gasteiger partial charge in [-0.3, -0.25) is 9.69 Å². The topological polar surface area (TPSA) is 48.0 Å². The van der Waals surface area contributed by atoms with Crippen molar-refractivity contribution in [3.8, 4) is 0 Å². The van der Waals surface area contributed by atoms with Crippen molar-refractivity contribution < 1.29 is 19.0 Å². The van der Waals surface area contributed by atoms with E-state index in [1.807, 2.05) is 6.92 Å². The molecule has 1 rings (SSSR count). The van der Waals surface area contributed by atoms with Gasteiger partial charge in [0.2, 0.25) is 0 Å². The largest absolute Gasteiger partial charge is 0.462 e. The van der Waals surface area contributed by atoms with E-state index in [1.165, 1.54) is 0 Å². The van der Waals surface area contributed by atoms with Gasteiger partial charge in [-0.15, -0.1) is 0 Å². The van der Waals surface area contributed by atoms with Gasteiger partial charge < -0.3 is 14.2 Å². The van der Waals surface area contributed by atoms with Gasteiger partial charge in [0, 0.05) is 20.2 Å². The minimum Gasteiger partial charge on any atom is -0.462 e. The van der Waals surface area contributed by atoms with Crippen molar-refractivity contribution in [2.75, 3.05) is 46.6 Å². The van der Waals surface area contributed by atoms with E-state index in [2.05, 4.69) is 4.90 Å². The first-order valence-corrected chi connectivity index (χ1v) is 5.23. The zero-order valence-corrected chi connectivity index (χ0v) is 9.40. The number of morpholine rings is 1. The first kappa shape index (κ1) is 12.4. The van der Waals surface area contributed by atoms with Crippen molar-refractivity contribution in [3.05, 3.63) is 0 Å². The fraction of sp³-hybridized carbons (Fsp3) is 0.900. The van der Waals surface area contributed by atoms with E-state index in [4.69, 9.17) is 14.2 Å². The maximum atomic E-state index is 11.6. The molecule has 1 atom stereocenters. The third kappa shape index (κ3) is 4.15. The Hall–Kier alpha value is -0.650. The standard InChI is InChI=1S/C10H19NO4/c1-9(10(12)15-8-7-13-2)11-3-5-14-6-4-11/h9H,3-8H2,1-2H3. The van der Waals surface area contributed by atoms with E-state index in [0.29, 0.717) is 26.4 Å². The maximum Gasteiger partial charge on any atom is 0.323 e. The van der Waals surface area contributed by atoms with Crippen LogP contribution in [0, 0.1) is 0 Å². The molecule has 15 heavy (non-hydrogen) atoms. The maximum absolute atomic E-state index is 11.6. The molecule has 0 saturated carbocycles. The van der Waals surface area contributed by atoms with Crippen LogP contribution >= 0.6 is 0 Å². The average Bonchev–Trinajstić information content (AvgIpc) is 2.29. The second-order valence-electron chi connectivity index (χ2n) is 3.48. The fourth-order valence-electron chi connectivity index (χ4n) is 1.46. The van der Waals surface area contributed by atoms with Gasteiger partial charge in [-0.2, -0.15) is 0 Å². The molecule has 1 heterocycles. The van der Waals surface area contributed by atoms with Crippen LogP contribution < -0.4 is 0 Å². The summed E-state index contributed by atoms with van der Waals surface area (Å²) in [5, 5.41) is 0. The molecule has 0 N–H and O–H groups in total. The number of carbonyl (C=O) groups is 1. The van der Waals surface area contributed by atoms with Crippen LogP contribution in [-0.2, 0) is 19.0 Å². The van der Waals surface area contributed by atoms with Crippen molar-refractivity contribution in [2.24, 2.45) is 0 Å². The molecule has 0 aromatic rings. The monoisotopic (exact) mass is 217 g/mol. The van der Waals surface area contributed by atoms with Crippen molar-refractivity contribution in [2.45, 2.75) is 13.0 Å². The van der Waals surface area contributed by atoms with Crippen LogP contribution in [0.5, 0.6) is 0 Å². The van der Waals surface area contributed by atoms with E-state index >= 15 is 0 Å². The lowest BCUT2D eigenvalue weighted by Crippen LogP contribution is -2.46. The van der Waals surface area contributed by atoms with Gasteiger partial charge in [-0.05, 0) is 6.92 Å². The lowest BCUT2D eigenvalue weighted by atomic mass is 10.2. The summed E-state index contributed by atoms with van der Waals surface area (Å²) in [7, 11) is 1.58. The minimum absolute atomic E-state index is 0.186. The molecule has 0 aromatic heterocycles.